The van der Waals surface area contributed by atoms with E-state index < -0.39 is 0 Å². The Morgan fingerprint density at radius 2 is 1.91 bits per heavy atom. The molecule has 126 valence electrons. The quantitative estimate of drug-likeness (QED) is 0.550. The van der Waals surface area contributed by atoms with Gasteiger partial charge in [-0.15, -0.1) is 0 Å². The van der Waals surface area contributed by atoms with Crippen molar-refractivity contribution in [2.24, 2.45) is 34.0 Å². The number of aliphatic hydroxyl groups excluding tert-OH is 1. The van der Waals surface area contributed by atoms with Crippen molar-refractivity contribution < 1.29 is 14.6 Å². The summed E-state index contributed by atoms with van der Waals surface area (Å²) in [7, 11) is 0. The zero-order valence-corrected chi connectivity index (χ0v) is 14.1. The van der Waals surface area contributed by atoms with Gasteiger partial charge in [0, 0.05) is 10.8 Å². The third-order valence-corrected chi connectivity index (χ3v) is 8.92. The van der Waals surface area contributed by atoms with Gasteiger partial charge in [0.15, 0.2) is 0 Å². The third-order valence-electron chi connectivity index (χ3n) is 8.92. The van der Waals surface area contributed by atoms with E-state index in [1.165, 1.54) is 19.3 Å². The molecule has 0 aromatic heterocycles. The summed E-state index contributed by atoms with van der Waals surface area (Å²) in [4.78, 5) is 12.5. The number of esters is 1. The fourth-order valence-electron chi connectivity index (χ4n) is 7.84. The van der Waals surface area contributed by atoms with E-state index in [2.05, 4.69) is 13.5 Å². The summed E-state index contributed by atoms with van der Waals surface area (Å²) >= 11 is 0. The molecule has 1 saturated heterocycles. The van der Waals surface area contributed by atoms with Gasteiger partial charge in [-0.3, -0.25) is 4.79 Å². The predicted molar refractivity (Wildman–Crippen MR) is 86.5 cm³/mol. The van der Waals surface area contributed by atoms with E-state index >= 15 is 0 Å². The highest BCUT2D eigenvalue weighted by Crippen LogP contribution is 2.73. The van der Waals surface area contributed by atoms with E-state index in [-0.39, 0.29) is 28.3 Å². The number of hydrogen-bond donors (Lipinski definition) is 1. The zero-order chi connectivity index (χ0) is 16.0. The van der Waals surface area contributed by atoms with E-state index in [9.17, 15) is 9.90 Å². The SMILES string of the molecule is C=C1C2CCC3(CCC4C5(C)CCCC4(COC5=O)C3C2)C1O. The Kier molecular flexibility index (Phi) is 2.66. The van der Waals surface area contributed by atoms with Crippen LogP contribution in [0.4, 0.5) is 0 Å². The molecule has 7 unspecified atom stereocenters. The van der Waals surface area contributed by atoms with Crippen LogP contribution in [0.25, 0.3) is 0 Å². The molecule has 0 radical (unpaired) electrons. The van der Waals surface area contributed by atoms with Gasteiger partial charge in [-0.1, -0.05) is 13.0 Å². The highest BCUT2D eigenvalue weighted by molar-refractivity contribution is 5.78. The summed E-state index contributed by atoms with van der Waals surface area (Å²) in [5.41, 5.74) is 0.953. The average Bonchev–Trinajstić information content (AvgIpc) is 2.55. The van der Waals surface area contributed by atoms with Gasteiger partial charge in [0.2, 0.25) is 0 Å². The number of fused-ring (bicyclic) bond motifs is 2. The van der Waals surface area contributed by atoms with Crippen LogP contribution in [-0.4, -0.2) is 23.8 Å². The van der Waals surface area contributed by atoms with Gasteiger partial charge in [0.1, 0.15) is 0 Å². The topological polar surface area (TPSA) is 46.5 Å². The van der Waals surface area contributed by atoms with Crippen molar-refractivity contribution >= 4 is 5.97 Å². The molecule has 6 aliphatic rings. The lowest BCUT2D eigenvalue weighted by molar-refractivity contribution is -0.255. The van der Waals surface area contributed by atoms with Gasteiger partial charge < -0.3 is 9.84 Å². The second kappa shape index (κ2) is 4.22. The van der Waals surface area contributed by atoms with Gasteiger partial charge in [-0.2, -0.15) is 0 Å². The van der Waals surface area contributed by atoms with Gasteiger partial charge in [0.05, 0.1) is 18.1 Å². The minimum absolute atomic E-state index is 0.0182. The third kappa shape index (κ3) is 1.45. The number of rotatable bonds is 0. The number of carbonyl (C=O) groups is 1. The van der Waals surface area contributed by atoms with Crippen molar-refractivity contribution in [3.8, 4) is 0 Å². The number of cyclic esters (lactones) is 1. The van der Waals surface area contributed by atoms with Crippen molar-refractivity contribution in [2.45, 2.75) is 64.4 Å². The minimum atomic E-state index is -0.332. The molecular formula is C20H28O3. The van der Waals surface area contributed by atoms with E-state index in [4.69, 9.17) is 4.74 Å². The second-order valence-corrected chi connectivity index (χ2v) is 9.41. The molecule has 1 aliphatic heterocycles. The number of aliphatic hydroxyl groups is 1. The minimum Gasteiger partial charge on any atom is -0.465 e. The number of carbonyl (C=O) groups excluding carboxylic acids is 1. The van der Waals surface area contributed by atoms with Crippen LogP contribution in [0.5, 0.6) is 0 Å². The highest BCUT2D eigenvalue weighted by atomic mass is 16.5. The van der Waals surface area contributed by atoms with Crippen LogP contribution in [0.1, 0.15) is 58.3 Å². The summed E-state index contributed by atoms with van der Waals surface area (Å²) in [5.74, 6) is 1.50. The normalized spacial score (nSPS) is 57.5. The van der Waals surface area contributed by atoms with E-state index in [1.54, 1.807) is 0 Å². The van der Waals surface area contributed by atoms with Gasteiger partial charge in [0.25, 0.3) is 0 Å². The lowest BCUT2D eigenvalue weighted by Gasteiger charge is -2.70. The summed E-state index contributed by atoms with van der Waals surface area (Å²) in [5, 5.41) is 11.0. The molecule has 23 heavy (non-hydrogen) atoms. The maximum Gasteiger partial charge on any atom is 0.312 e. The summed E-state index contributed by atoms with van der Waals surface area (Å²) < 4.78 is 5.78. The molecule has 3 nitrogen and oxygen atoms in total. The van der Waals surface area contributed by atoms with E-state index in [1.807, 2.05) is 0 Å². The van der Waals surface area contributed by atoms with Crippen molar-refractivity contribution in [3.63, 3.8) is 0 Å². The molecule has 0 amide bonds. The van der Waals surface area contributed by atoms with Crippen LogP contribution in [-0.2, 0) is 9.53 Å². The lowest BCUT2D eigenvalue weighted by atomic mass is 9.35. The number of hydrogen-bond acceptors (Lipinski definition) is 3. The smallest absolute Gasteiger partial charge is 0.312 e. The Bertz CT molecular complexity index is 598. The fourth-order valence-corrected chi connectivity index (χ4v) is 7.84. The van der Waals surface area contributed by atoms with Crippen molar-refractivity contribution in [2.75, 3.05) is 6.61 Å². The molecule has 6 fully saturated rings. The van der Waals surface area contributed by atoms with Crippen LogP contribution >= 0.6 is 0 Å². The van der Waals surface area contributed by atoms with Crippen molar-refractivity contribution in [1.29, 1.82) is 0 Å². The zero-order valence-electron chi connectivity index (χ0n) is 14.1. The Balaban J connectivity index is 1.64. The van der Waals surface area contributed by atoms with E-state index in [0.29, 0.717) is 24.4 Å². The first-order valence-corrected chi connectivity index (χ1v) is 9.48. The van der Waals surface area contributed by atoms with Crippen LogP contribution in [0.3, 0.4) is 0 Å². The summed E-state index contributed by atoms with van der Waals surface area (Å²) in [6, 6.07) is 0. The van der Waals surface area contributed by atoms with Gasteiger partial charge in [-0.25, -0.2) is 0 Å². The first kappa shape index (κ1) is 14.5. The molecule has 1 N–H and O–H groups in total. The first-order valence-electron chi connectivity index (χ1n) is 9.48. The molecule has 5 saturated carbocycles. The van der Waals surface area contributed by atoms with Gasteiger partial charge >= 0.3 is 5.97 Å². The maximum absolute atomic E-state index is 12.5. The van der Waals surface area contributed by atoms with Crippen LogP contribution in [0, 0.1) is 34.0 Å². The Morgan fingerprint density at radius 3 is 2.74 bits per heavy atom. The molecule has 1 spiro atoms. The Hall–Kier alpha value is -0.830. The average molecular weight is 316 g/mol. The molecular weight excluding hydrogens is 288 g/mol. The lowest BCUT2D eigenvalue weighted by Crippen LogP contribution is -2.69. The van der Waals surface area contributed by atoms with Crippen molar-refractivity contribution in [3.05, 3.63) is 12.2 Å². The molecule has 3 heteroatoms. The first-order chi connectivity index (χ1) is 10.9. The summed E-state index contributed by atoms with van der Waals surface area (Å²) in [6.07, 6.45) is 8.62. The fraction of sp³-hybridized carbons (Fsp3) is 0.850. The molecule has 5 aliphatic carbocycles. The maximum atomic E-state index is 12.5. The predicted octanol–water partition coefficient (Wildman–Crippen LogP) is 3.46. The highest BCUT2D eigenvalue weighted by Gasteiger charge is 2.71. The molecule has 7 atom stereocenters. The standard InChI is InChI=1S/C20H28O3/c1-12-13-4-8-19(16(12)21)9-5-14-18(2)6-3-7-20(14,15(19)10-13)11-23-17(18)22/h13-16,21H,1,3-11H2,2H3. The molecule has 1 heterocycles. The summed E-state index contributed by atoms with van der Waals surface area (Å²) in [6.45, 7) is 6.99. The van der Waals surface area contributed by atoms with Crippen LogP contribution in [0.15, 0.2) is 12.2 Å². The Morgan fingerprint density at radius 1 is 1.13 bits per heavy atom. The van der Waals surface area contributed by atoms with Crippen molar-refractivity contribution in [1.82, 2.24) is 0 Å². The molecule has 4 bridgehead atoms. The molecule has 0 aromatic carbocycles. The Labute approximate surface area is 138 Å². The monoisotopic (exact) mass is 316 g/mol. The van der Waals surface area contributed by atoms with Crippen LogP contribution < -0.4 is 0 Å². The molecule has 0 aromatic rings. The molecule has 6 rings (SSSR count). The number of ether oxygens (including phenoxy) is 1. The van der Waals surface area contributed by atoms with Crippen LogP contribution in [0.2, 0.25) is 0 Å². The second-order valence-electron chi connectivity index (χ2n) is 9.41. The van der Waals surface area contributed by atoms with Gasteiger partial charge in [-0.05, 0) is 75.2 Å². The largest absolute Gasteiger partial charge is 0.465 e. The van der Waals surface area contributed by atoms with E-state index in [0.717, 1.165) is 37.7 Å².